The molecular formula is C8H7BBrN3O2. The minimum Gasteiger partial charge on any atom is -0.423 e. The summed E-state index contributed by atoms with van der Waals surface area (Å²) in [5, 5.41) is 17.9. The first-order chi connectivity index (χ1) is 7.18. The van der Waals surface area contributed by atoms with E-state index < -0.39 is 7.12 Å². The normalized spacial score (nSPS) is 10.3. The van der Waals surface area contributed by atoms with Crippen molar-refractivity contribution in [3.63, 3.8) is 0 Å². The van der Waals surface area contributed by atoms with E-state index in [0.29, 0.717) is 15.8 Å². The van der Waals surface area contributed by atoms with Crippen molar-refractivity contribution in [2.45, 2.75) is 0 Å². The van der Waals surface area contributed by atoms with E-state index in [1.165, 1.54) is 6.20 Å². The molecule has 2 heterocycles. The Kier molecular flexibility index (Phi) is 2.85. The number of nitrogens with zero attached hydrogens (tertiary/aromatic N) is 3. The topological polar surface area (TPSA) is 71.2 Å². The Labute approximate surface area is 94.7 Å². The van der Waals surface area contributed by atoms with Gasteiger partial charge in [0.15, 0.2) is 5.82 Å². The largest absolute Gasteiger partial charge is 0.490 e. The van der Waals surface area contributed by atoms with Crippen LogP contribution in [0.3, 0.4) is 0 Å². The van der Waals surface area contributed by atoms with Crippen molar-refractivity contribution in [3.8, 4) is 5.82 Å². The quantitative estimate of drug-likeness (QED) is 0.734. The van der Waals surface area contributed by atoms with E-state index in [4.69, 9.17) is 10.0 Å². The van der Waals surface area contributed by atoms with Gasteiger partial charge < -0.3 is 10.0 Å². The molecule has 0 spiro atoms. The Bertz CT molecular complexity index is 461. The number of hydrogen-bond donors (Lipinski definition) is 2. The van der Waals surface area contributed by atoms with Gasteiger partial charge >= 0.3 is 7.12 Å². The summed E-state index contributed by atoms with van der Waals surface area (Å²) in [5.74, 6) is 0.650. The molecule has 2 N–H and O–H groups in total. The molecule has 0 unspecified atom stereocenters. The van der Waals surface area contributed by atoms with Crippen molar-refractivity contribution in [3.05, 3.63) is 35.5 Å². The van der Waals surface area contributed by atoms with Gasteiger partial charge in [-0.25, -0.2) is 9.97 Å². The van der Waals surface area contributed by atoms with Crippen LogP contribution in [0.5, 0.6) is 0 Å². The molecule has 0 aliphatic heterocycles. The highest BCUT2D eigenvalue weighted by molar-refractivity contribution is 9.10. The number of imidazole rings is 1. The van der Waals surface area contributed by atoms with Gasteiger partial charge in [-0.1, -0.05) is 0 Å². The lowest BCUT2D eigenvalue weighted by Crippen LogP contribution is -2.30. The molecule has 0 saturated carbocycles. The molecule has 0 saturated heterocycles. The third-order valence-electron chi connectivity index (χ3n) is 1.89. The molecule has 5 nitrogen and oxygen atoms in total. The monoisotopic (exact) mass is 267 g/mol. The fourth-order valence-electron chi connectivity index (χ4n) is 1.16. The Morgan fingerprint density at radius 2 is 2.20 bits per heavy atom. The molecule has 15 heavy (non-hydrogen) atoms. The van der Waals surface area contributed by atoms with E-state index >= 15 is 0 Å². The summed E-state index contributed by atoms with van der Waals surface area (Å²) < 4.78 is 2.39. The molecule has 0 aromatic carbocycles. The summed E-state index contributed by atoms with van der Waals surface area (Å²) >= 11 is 3.30. The minimum atomic E-state index is -1.51. The molecule has 0 aliphatic carbocycles. The first-order valence-electron chi connectivity index (χ1n) is 4.18. The fraction of sp³-hybridized carbons (Fsp3) is 0. The third-order valence-corrected chi connectivity index (χ3v) is 2.47. The summed E-state index contributed by atoms with van der Waals surface area (Å²) in [6.45, 7) is 0. The molecule has 0 fully saturated rings. The second kappa shape index (κ2) is 4.14. The van der Waals surface area contributed by atoms with Crippen molar-refractivity contribution in [2.75, 3.05) is 0 Å². The zero-order chi connectivity index (χ0) is 10.8. The predicted octanol–water partition coefficient (Wildman–Crippen LogP) is -0.290. The summed E-state index contributed by atoms with van der Waals surface area (Å²) in [6.07, 6.45) is 6.41. The van der Waals surface area contributed by atoms with Gasteiger partial charge in [0.1, 0.15) is 6.33 Å². The summed E-state index contributed by atoms with van der Waals surface area (Å²) in [5.41, 5.74) is 0.339. The van der Waals surface area contributed by atoms with Gasteiger partial charge in [-0.3, -0.25) is 4.57 Å². The standard InChI is InChI=1S/C8H7BBrN3O2/c10-7-3-6(9(14)15)4-12-8(7)13-2-1-11-5-13/h1-5,14-15H. The van der Waals surface area contributed by atoms with E-state index in [1.807, 2.05) is 0 Å². The lowest BCUT2D eigenvalue weighted by molar-refractivity contribution is 0.425. The van der Waals surface area contributed by atoms with E-state index in [9.17, 15) is 0 Å². The van der Waals surface area contributed by atoms with Gasteiger partial charge in [-0.15, -0.1) is 0 Å². The van der Waals surface area contributed by atoms with Crippen LogP contribution in [0.1, 0.15) is 0 Å². The van der Waals surface area contributed by atoms with Gasteiger partial charge in [0.25, 0.3) is 0 Å². The summed E-state index contributed by atoms with van der Waals surface area (Å²) in [7, 11) is -1.51. The highest BCUT2D eigenvalue weighted by atomic mass is 79.9. The highest BCUT2D eigenvalue weighted by Gasteiger charge is 2.13. The van der Waals surface area contributed by atoms with Crippen LogP contribution in [0.2, 0.25) is 0 Å². The van der Waals surface area contributed by atoms with Crippen LogP contribution in [0, 0.1) is 0 Å². The van der Waals surface area contributed by atoms with Gasteiger partial charge in [0.05, 0.1) is 4.47 Å². The maximum atomic E-state index is 8.95. The van der Waals surface area contributed by atoms with Crippen molar-refractivity contribution in [2.24, 2.45) is 0 Å². The summed E-state index contributed by atoms with van der Waals surface area (Å²) in [6, 6.07) is 1.60. The predicted molar refractivity (Wildman–Crippen MR) is 58.9 cm³/mol. The van der Waals surface area contributed by atoms with Crippen LogP contribution >= 0.6 is 15.9 Å². The number of halogens is 1. The van der Waals surface area contributed by atoms with Gasteiger partial charge in [0.2, 0.25) is 0 Å². The van der Waals surface area contributed by atoms with E-state index in [1.54, 1.807) is 29.4 Å². The molecule has 2 aromatic rings. The average Bonchev–Trinajstić information content (AvgIpc) is 2.70. The Balaban J connectivity index is 2.44. The van der Waals surface area contributed by atoms with Gasteiger partial charge in [-0.05, 0) is 22.0 Å². The van der Waals surface area contributed by atoms with Crippen molar-refractivity contribution in [1.29, 1.82) is 0 Å². The Morgan fingerprint density at radius 3 is 2.73 bits per heavy atom. The molecule has 76 valence electrons. The van der Waals surface area contributed by atoms with Crippen LogP contribution in [0.15, 0.2) is 35.5 Å². The molecule has 0 atom stereocenters. The number of aromatic nitrogens is 3. The van der Waals surface area contributed by atoms with Crippen molar-refractivity contribution < 1.29 is 10.0 Å². The number of hydrogen-bond acceptors (Lipinski definition) is 4. The summed E-state index contributed by atoms with van der Waals surface area (Å²) in [4.78, 5) is 8.00. The van der Waals surface area contributed by atoms with Crippen LogP contribution in [0.4, 0.5) is 0 Å². The van der Waals surface area contributed by atoms with Crippen molar-refractivity contribution >= 4 is 28.5 Å². The molecule has 2 rings (SSSR count). The lowest BCUT2D eigenvalue weighted by Gasteiger charge is -2.05. The minimum absolute atomic E-state index is 0.339. The van der Waals surface area contributed by atoms with E-state index in [0.717, 1.165) is 0 Å². The zero-order valence-corrected chi connectivity index (χ0v) is 9.16. The maximum absolute atomic E-state index is 8.95. The third kappa shape index (κ3) is 2.09. The number of rotatable bonds is 2. The fourth-order valence-corrected chi connectivity index (χ4v) is 1.73. The van der Waals surface area contributed by atoms with Gasteiger partial charge in [0, 0.05) is 24.1 Å². The average molecular weight is 268 g/mol. The highest BCUT2D eigenvalue weighted by Crippen LogP contribution is 2.16. The van der Waals surface area contributed by atoms with Crippen LogP contribution in [-0.4, -0.2) is 31.7 Å². The molecule has 2 aromatic heterocycles. The molecular weight excluding hydrogens is 261 g/mol. The maximum Gasteiger partial charge on any atom is 0.490 e. The smallest absolute Gasteiger partial charge is 0.423 e. The van der Waals surface area contributed by atoms with Gasteiger partial charge in [-0.2, -0.15) is 0 Å². The molecule has 0 amide bonds. The number of pyridine rings is 1. The second-order valence-electron chi connectivity index (χ2n) is 2.92. The second-order valence-corrected chi connectivity index (χ2v) is 3.77. The molecule has 0 radical (unpaired) electrons. The first kappa shape index (κ1) is 10.3. The SMILES string of the molecule is OB(O)c1cnc(-n2ccnc2)c(Br)c1. The van der Waals surface area contributed by atoms with Crippen LogP contribution in [0.25, 0.3) is 5.82 Å². The van der Waals surface area contributed by atoms with Crippen molar-refractivity contribution in [1.82, 2.24) is 14.5 Å². The molecule has 0 aliphatic rings. The van der Waals surface area contributed by atoms with E-state index in [2.05, 4.69) is 25.9 Å². The zero-order valence-electron chi connectivity index (χ0n) is 7.58. The Hall–Kier alpha value is -1.18. The van der Waals surface area contributed by atoms with Crippen LogP contribution < -0.4 is 5.46 Å². The van der Waals surface area contributed by atoms with E-state index in [-0.39, 0.29) is 0 Å². The molecule has 7 heteroatoms. The Morgan fingerprint density at radius 1 is 1.40 bits per heavy atom. The van der Waals surface area contributed by atoms with Crippen LogP contribution in [-0.2, 0) is 0 Å². The lowest BCUT2D eigenvalue weighted by atomic mass is 9.82. The molecule has 0 bridgehead atoms. The first-order valence-corrected chi connectivity index (χ1v) is 4.97.